The van der Waals surface area contributed by atoms with E-state index in [4.69, 9.17) is 4.74 Å². The van der Waals surface area contributed by atoms with E-state index in [0.29, 0.717) is 11.4 Å². The van der Waals surface area contributed by atoms with Crippen LogP contribution in [0.5, 0.6) is 5.75 Å². The maximum Gasteiger partial charge on any atom is 0.339 e. The molecular formula is C16H19N3O4. The fourth-order valence-electron chi connectivity index (χ4n) is 2.09. The van der Waals surface area contributed by atoms with E-state index < -0.39 is 18.0 Å². The Morgan fingerprint density at radius 1 is 1.35 bits per heavy atom. The summed E-state index contributed by atoms with van der Waals surface area (Å²) in [6.07, 6.45) is -0.983. The summed E-state index contributed by atoms with van der Waals surface area (Å²) >= 11 is 0. The van der Waals surface area contributed by atoms with Gasteiger partial charge in [-0.25, -0.2) is 4.79 Å². The molecule has 2 N–H and O–H groups in total. The van der Waals surface area contributed by atoms with Crippen molar-refractivity contribution in [1.82, 2.24) is 9.78 Å². The second-order valence-corrected chi connectivity index (χ2v) is 5.26. The van der Waals surface area contributed by atoms with E-state index in [1.807, 2.05) is 6.92 Å². The summed E-state index contributed by atoms with van der Waals surface area (Å²) in [7, 11) is 1.78. The van der Waals surface area contributed by atoms with Gasteiger partial charge in [-0.2, -0.15) is 5.10 Å². The number of carbonyl (C=O) groups is 2. The number of aryl methyl sites for hydroxylation is 2. The van der Waals surface area contributed by atoms with Gasteiger partial charge in [-0.1, -0.05) is 6.07 Å². The average molecular weight is 317 g/mol. The number of hydrogen-bond acceptors (Lipinski definition) is 5. The van der Waals surface area contributed by atoms with Crippen LogP contribution in [-0.2, 0) is 16.6 Å². The van der Waals surface area contributed by atoms with Crippen molar-refractivity contribution in [1.29, 1.82) is 0 Å². The molecule has 1 amide bonds. The first-order valence-corrected chi connectivity index (χ1v) is 7.10. The molecule has 0 fully saturated rings. The van der Waals surface area contributed by atoms with Crippen LogP contribution in [0.2, 0.25) is 0 Å². The normalized spacial score (nSPS) is 11.8. The highest BCUT2D eigenvalue weighted by Crippen LogP contribution is 2.19. The van der Waals surface area contributed by atoms with E-state index in [9.17, 15) is 14.7 Å². The minimum absolute atomic E-state index is 0.0434. The molecule has 0 aliphatic rings. The molecule has 0 saturated carbocycles. The number of aromatic nitrogens is 2. The molecule has 0 aliphatic carbocycles. The molecule has 0 bridgehead atoms. The van der Waals surface area contributed by atoms with Gasteiger partial charge in [0.2, 0.25) is 0 Å². The van der Waals surface area contributed by atoms with Crippen LogP contribution < -0.4 is 5.32 Å². The van der Waals surface area contributed by atoms with Gasteiger partial charge in [0.15, 0.2) is 6.10 Å². The summed E-state index contributed by atoms with van der Waals surface area (Å²) < 4.78 is 6.78. The first kappa shape index (κ1) is 16.5. The SMILES string of the molecule is Cc1nn(C)c(C)c1NC(=O)[C@@H](C)OC(=O)c1cccc(O)c1. The monoisotopic (exact) mass is 317 g/mol. The van der Waals surface area contributed by atoms with E-state index in [1.54, 1.807) is 18.7 Å². The number of nitrogens with one attached hydrogen (secondary N) is 1. The molecule has 1 heterocycles. The third-order valence-corrected chi connectivity index (χ3v) is 3.49. The van der Waals surface area contributed by atoms with Gasteiger partial charge in [-0.3, -0.25) is 9.48 Å². The van der Waals surface area contributed by atoms with Crippen molar-refractivity contribution in [3.8, 4) is 5.75 Å². The number of carbonyl (C=O) groups excluding carboxylic acids is 2. The Morgan fingerprint density at radius 2 is 2.04 bits per heavy atom. The summed E-state index contributed by atoms with van der Waals surface area (Å²) in [5.74, 6) is -1.17. The fourth-order valence-corrected chi connectivity index (χ4v) is 2.09. The Bertz CT molecular complexity index is 752. The predicted octanol–water partition coefficient (Wildman–Crippen LogP) is 1.93. The van der Waals surface area contributed by atoms with Gasteiger partial charge in [0, 0.05) is 7.05 Å². The quantitative estimate of drug-likeness (QED) is 0.840. The lowest BCUT2D eigenvalue weighted by Crippen LogP contribution is -2.30. The Hall–Kier alpha value is -2.83. The molecule has 0 spiro atoms. The number of benzene rings is 1. The summed E-state index contributed by atoms with van der Waals surface area (Å²) in [6.45, 7) is 5.10. The van der Waals surface area contributed by atoms with Gasteiger partial charge in [-0.05, 0) is 39.0 Å². The highest BCUT2D eigenvalue weighted by molar-refractivity contribution is 5.98. The van der Waals surface area contributed by atoms with Crippen LogP contribution >= 0.6 is 0 Å². The molecule has 0 aliphatic heterocycles. The maximum atomic E-state index is 12.2. The van der Waals surface area contributed by atoms with Crippen molar-refractivity contribution in [2.75, 3.05) is 5.32 Å². The van der Waals surface area contributed by atoms with E-state index in [1.165, 1.54) is 31.2 Å². The number of hydrogen-bond donors (Lipinski definition) is 2. The van der Waals surface area contributed by atoms with Gasteiger partial charge >= 0.3 is 5.97 Å². The summed E-state index contributed by atoms with van der Waals surface area (Å²) in [4.78, 5) is 24.2. The topological polar surface area (TPSA) is 93.5 Å². The summed E-state index contributed by atoms with van der Waals surface area (Å²) in [5, 5.41) is 16.3. The minimum atomic E-state index is -0.983. The molecular weight excluding hydrogens is 298 g/mol. The largest absolute Gasteiger partial charge is 0.508 e. The van der Waals surface area contributed by atoms with Crippen LogP contribution in [0.1, 0.15) is 28.7 Å². The molecule has 7 heteroatoms. The lowest BCUT2D eigenvalue weighted by atomic mass is 10.2. The van der Waals surface area contributed by atoms with Crippen molar-refractivity contribution in [3.63, 3.8) is 0 Å². The van der Waals surface area contributed by atoms with Gasteiger partial charge < -0.3 is 15.2 Å². The van der Waals surface area contributed by atoms with Crippen molar-refractivity contribution in [2.45, 2.75) is 26.9 Å². The molecule has 0 saturated heterocycles. The number of rotatable bonds is 4. The number of nitrogens with zero attached hydrogens (tertiary/aromatic N) is 2. The highest BCUT2D eigenvalue weighted by atomic mass is 16.5. The van der Waals surface area contributed by atoms with Crippen LogP contribution in [-0.4, -0.2) is 32.9 Å². The van der Waals surface area contributed by atoms with Crippen molar-refractivity contribution < 1.29 is 19.4 Å². The Balaban J connectivity index is 2.04. The Morgan fingerprint density at radius 3 is 2.61 bits per heavy atom. The number of ether oxygens (including phenoxy) is 1. The standard InChI is InChI=1S/C16H19N3O4/c1-9-14(10(2)19(4)18-9)17-15(21)11(3)23-16(22)12-6-5-7-13(20)8-12/h5-8,11,20H,1-4H3,(H,17,21)/t11-/m1/s1. The zero-order valence-corrected chi connectivity index (χ0v) is 13.5. The third-order valence-electron chi connectivity index (χ3n) is 3.49. The zero-order chi connectivity index (χ0) is 17.1. The second-order valence-electron chi connectivity index (χ2n) is 5.26. The van der Waals surface area contributed by atoms with Gasteiger partial charge in [0.1, 0.15) is 5.75 Å². The molecule has 0 radical (unpaired) electrons. The first-order chi connectivity index (χ1) is 10.8. The van der Waals surface area contributed by atoms with Crippen LogP contribution in [0.25, 0.3) is 0 Å². The van der Waals surface area contributed by atoms with Crippen LogP contribution in [0, 0.1) is 13.8 Å². The molecule has 23 heavy (non-hydrogen) atoms. The van der Waals surface area contributed by atoms with Crippen molar-refractivity contribution >= 4 is 17.6 Å². The number of amides is 1. The molecule has 7 nitrogen and oxygen atoms in total. The lowest BCUT2D eigenvalue weighted by Gasteiger charge is -2.14. The molecule has 1 atom stereocenters. The number of phenolic OH excluding ortho intramolecular Hbond substituents is 1. The fraction of sp³-hybridized carbons (Fsp3) is 0.312. The number of aromatic hydroxyl groups is 1. The molecule has 1 aromatic carbocycles. The van der Waals surface area contributed by atoms with E-state index >= 15 is 0 Å². The maximum absolute atomic E-state index is 12.2. The van der Waals surface area contributed by atoms with Crippen LogP contribution in [0.4, 0.5) is 5.69 Å². The first-order valence-electron chi connectivity index (χ1n) is 7.10. The van der Waals surface area contributed by atoms with Crippen LogP contribution in [0.3, 0.4) is 0 Å². The van der Waals surface area contributed by atoms with E-state index in [-0.39, 0.29) is 11.3 Å². The second kappa shape index (κ2) is 6.51. The number of phenols is 1. The molecule has 2 rings (SSSR count). The Labute approximate surface area is 133 Å². The van der Waals surface area contributed by atoms with Crippen molar-refractivity contribution in [2.24, 2.45) is 7.05 Å². The summed E-state index contributed by atoms with van der Waals surface area (Å²) in [5.41, 5.74) is 2.28. The predicted molar refractivity (Wildman–Crippen MR) is 84.3 cm³/mol. The third kappa shape index (κ3) is 3.68. The lowest BCUT2D eigenvalue weighted by molar-refractivity contribution is -0.123. The number of esters is 1. The smallest absolute Gasteiger partial charge is 0.339 e. The molecule has 122 valence electrons. The van der Waals surface area contributed by atoms with Crippen molar-refractivity contribution in [3.05, 3.63) is 41.2 Å². The van der Waals surface area contributed by atoms with Gasteiger partial charge in [0.25, 0.3) is 5.91 Å². The van der Waals surface area contributed by atoms with Gasteiger partial charge in [0.05, 0.1) is 22.6 Å². The van der Waals surface area contributed by atoms with Crippen LogP contribution in [0.15, 0.2) is 24.3 Å². The molecule has 0 unspecified atom stereocenters. The Kier molecular flexibility index (Phi) is 4.68. The number of anilines is 1. The average Bonchev–Trinajstić information content (AvgIpc) is 2.73. The zero-order valence-electron chi connectivity index (χ0n) is 13.5. The van der Waals surface area contributed by atoms with Gasteiger partial charge in [-0.15, -0.1) is 0 Å². The minimum Gasteiger partial charge on any atom is -0.508 e. The van der Waals surface area contributed by atoms with E-state index in [2.05, 4.69) is 10.4 Å². The summed E-state index contributed by atoms with van der Waals surface area (Å²) in [6, 6.07) is 5.75. The molecule has 1 aromatic heterocycles. The highest BCUT2D eigenvalue weighted by Gasteiger charge is 2.21. The van der Waals surface area contributed by atoms with E-state index in [0.717, 1.165) is 5.69 Å². The molecule has 2 aromatic rings.